The molecule has 0 bridgehead atoms. The zero-order valence-electron chi connectivity index (χ0n) is 18.7. The van der Waals surface area contributed by atoms with Crippen LogP contribution in [0.4, 0.5) is 10.1 Å². The van der Waals surface area contributed by atoms with Crippen LogP contribution >= 0.6 is 23.4 Å². The molecule has 33 heavy (non-hydrogen) atoms. The van der Waals surface area contributed by atoms with E-state index in [9.17, 15) is 9.18 Å². The molecule has 2 aromatic carbocycles. The summed E-state index contributed by atoms with van der Waals surface area (Å²) in [6, 6.07) is 11.7. The number of thioether (sulfide) groups is 1. The topological polar surface area (TPSA) is 63.1 Å². The number of amides is 1. The number of carbonyl (C=O) groups is 1. The number of hydrogen-bond acceptors (Lipinski definition) is 5. The van der Waals surface area contributed by atoms with E-state index in [4.69, 9.17) is 11.6 Å². The Kier molecular flexibility index (Phi) is 7.67. The number of aromatic nitrogens is 3. The van der Waals surface area contributed by atoms with Gasteiger partial charge in [0.2, 0.25) is 5.91 Å². The van der Waals surface area contributed by atoms with Crippen LogP contribution in [0.5, 0.6) is 0 Å². The number of benzene rings is 2. The van der Waals surface area contributed by atoms with E-state index in [0.717, 1.165) is 30.2 Å². The first-order chi connectivity index (χ1) is 15.9. The number of carbonyl (C=O) groups excluding carboxylic acids is 1. The molecule has 1 aliphatic heterocycles. The smallest absolute Gasteiger partial charge is 0.237 e. The first-order valence-corrected chi connectivity index (χ1v) is 12.3. The van der Waals surface area contributed by atoms with Gasteiger partial charge in [0.15, 0.2) is 11.0 Å². The Balaban J connectivity index is 1.56. The van der Waals surface area contributed by atoms with Gasteiger partial charge in [0, 0.05) is 16.4 Å². The summed E-state index contributed by atoms with van der Waals surface area (Å²) in [6.07, 6.45) is 3.60. The van der Waals surface area contributed by atoms with Crippen molar-refractivity contribution < 1.29 is 9.18 Å². The molecule has 1 aromatic heterocycles. The number of hydrogen-bond donors (Lipinski definition) is 1. The first kappa shape index (κ1) is 23.7. The largest absolute Gasteiger partial charge is 0.325 e. The fraction of sp³-hybridized carbons (Fsp3) is 0.375. The molecule has 1 amide bonds. The van der Waals surface area contributed by atoms with Crippen LogP contribution in [0.1, 0.15) is 37.6 Å². The Hall–Kier alpha value is -2.42. The second kappa shape index (κ2) is 10.7. The molecule has 4 rings (SSSR count). The van der Waals surface area contributed by atoms with Crippen LogP contribution in [-0.4, -0.2) is 43.9 Å². The van der Waals surface area contributed by atoms with Crippen molar-refractivity contribution >= 4 is 35.0 Å². The van der Waals surface area contributed by atoms with E-state index >= 15 is 0 Å². The van der Waals surface area contributed by atoms with E-state index in [0.29, 0.717) is 22.4 Å². The van der Waals surface area contributed by atoms with Gasteiger partial charge < -0.3 is 5.32 Å². The van der Waals surface area contributed by atoms with Gasteiger partial charge in [-0.15, -0.1) is 10.2 Å². The van der Waals surface area contributed by atoms with Gasteiger partial charge in [-0.2, -0.15) is 0 Å². The molecular weight excluding hydrogens is 461 g/mol. The van der Waals surface area contributed by atoms with Gasteiger partial charge in [-0.1, -0.05) is 35.9 Å². The Morgan fingerprint density at radius 1 is 1.15 bits per heavy atom. The second-order valence-electron chi connectivity index (χ2n) is 8.26. The normalized spacial score (nSPS) is 15.4. The van der Waals surface area contributed by atoms with Crippen LogP contribution in [0.15, 0.2) is 47.6 Å². The van der Waals surface area contributed by atoms with Gasteiger partial charge in [-0.3, -0.25) is 14.3 Å². The number of nitrogens with zero attached hydrogens (tertiary/aromatic N) is 4. The quantitative estimate of drug-likeness (QED) is 0.447. The second-order valence-corrected chi connectivity index (χ2v) is 10.0. The third kappa shape index (κ3) is 5.93. The maximum absolute atomic E-state index is 13.6. The van der Waals surface area contributed by atoms with Gasteiger partial charge in [-0.05, 0) is 81.7 Å². The summed E-state index contributed by atoms with van der Waals surface area (Å²) in [4.78, 5) is 15.3. The van der Waals surface area contributed by atoms with Gasteiger partial charge in [0.25, 0.3) is 0 Å². The molecule has 9 heteroatoms. The third-order valence-corrected chi connectivity index (χ3v) is 6.99. The lowest BCUT2D eigenvalue weighted by Crippen LogP contribution is -2.30. The van der Waals surface area contributed by atoms with Crippen molar-refractivity contribution in [3.8, 4) is 5.69 Å². The molecule has 0 spiro atoms. The van der Waals surface area contributed by atoms with E-state index in [1.54, 1.807) is 24.3 Å². The molecule has 1 N–H and O–H groups in total. The van der Waals surface area contributed by atoms with E-state index in [1.807, 2.05) is 24.5 Å². The molecule has 1 unspecified atom stereocenters. The van der Waals surface area contributed by atoms with Crippen LogP contribution in [0.2, 0.25) is 5.02 Å². The van der Waals surface area contributed by atoms with Crippen LogP contribution in [0.25, 0.3) is 5.69 Å². The average molecular weight is 488 g/mol. The Bertz CT molecular complexity index is 1110. The van der Waals surface area contributed by atoms with Gasteiger partial charge in [-0.25, -0.2) is 4.39 Å². The number of aryl methyl sites for hydroxylation is 1. The minimum atomic E-state index is -0.436. The molecule has 1 atom stereocenters. The Morgan fingerprint density at radius 3 is 2.61 bits per heavy atom. The summed E-state index contributed by atoms with van der Waals surface area (Å²) in [5, 5.41) is 12.5. The van der Waals surface area contributed by atoms with Crippen LogP contribution in [0, 0.1) is 12.7 Å². The highest BCUT2D eigenvalue weighted by Gasteiger charge is 2.23. The molecule has 0 saturated carbocycles. The zero-order chi connectivity index (χ0) is 23.4. The molecule has 1 aliphatic rings. The summed E-state index contributed by atoms with van der Waals surface area (Å²) in [5.41, 5.74) is 2.39. The van der Waals surface area contributed by atoms with Crippen LogP contribution in [0.3, 0.4) is 0 Å². The Morgan fingerprint density at radius 2 is 1.88 bits per heavy atom. The van der Waals surface area contributed by atoms with Gasteiger partial charge in [0.05, 0.1) is 11.8 Å². The van der Waals surface area contributed by atoms with Crippen molar-refractivity contribution in [2.75, 3.05) is 18.4 Å². The van der Waals surface area contributed by atoms with Crippen LogP contribution in [-0.2, 0) is 11.3 Å². The molecule has 1 fully saturated rings. The van der Waals surface area contributed by atoms with E-state index in [-0.39, 0.29) is 11.7 Å². The number of piperidine rings is 1. The minimum Gasteiger partial charge on any atom is -0.325 e. The number of rotatable bonds is 7. The monoisotopic (exact) mass is 487 g/mol. The third-order valence-electron chi connectivity index (χ3n) is 5.71. The minimum absolute atomic E-state index is 0.156. The number of nitrogens with one attached hydrogen (secondary N) is 1. The molecule has 6 nitrogen and oxygen atoms in total. The number of halogens is 2. The summed E-state index contributed by atoms with van der Waals surface area (Å²) in [7, 11) is 0. The lowest BCUT2D eigenvalue weighted by atomic mass is 10.1. The molecule has 0 aliphatic carbocycles. The molecule has 3 aromatic rings. The summed E-state index contributed by atoms with van der Waals surface area (Å²) in [5.74, 6) is 0.323. The fourth-order valence-electron chi connectivity index (χ4n) is 3.82. The van der Waals surface area contributed by atoms with Crippen molar-refractivity contribution in [2.24, 2.45) is 0 Å². The molecular formula is C24H27ClFN5OS. The standard InChI is InChI=1S/C24H27ClFN5OS/c1-16-6-7-18(25)14-21(16)27-23(32)17(2)33-24-29-28-22(15-30-12-4-3-5-13-30)31(24)20-10-8-19(26)9-11-20/h6-11,14,17H,3-5,12-13,15H2,1-2H3,(H,27,32). The fourth-order valence-corrected chi connectivity index (χ4v) is 4.88. The predicted octanol–water partition coefficient (Wildman–Crippen LogP) is 5.47. The number of likely N-dealkylation sites (tertiary alicyclic amines) is 1. The lowest BCUT2D eigenvalue weighted by molar-refractivity contribution is -0.115. The van der Waals surface area contributed by atoms with Crippen molar-refractivity contribution in [3.63, 3.8) is 0 Å². The van der Waals surface area contributed by atoms with Gasteiger partial charge in [0.1, 0.15) is 5.82 Å². The molecule has 2 heterocycles. The number of anilines is 1. The predicted molar refractivity (Wildman–Crippen MR) is 131 cm³/mol. The van der Waals surface area contributed by atoms with E-state index in [2.05, 4.69) is 20.4 Å². The lowest BCUT2D eigenvalue weighted by Gasteiger charge is -2.26. The molecule has 1 saturated heterocycles. The van der Waals surface area contributed by atoms with E-state index < -0.39 is 5.25 Å². The SMILES string of the molecule is Cc1ccc(Cl)cc1NC(=O)C(C)Sc1nnc(CN2CCCCC2)n1-c1ccc(F)cc1. The van der Waals surface area contributed by atoms with Crippen molar-refractivity contribution in [3.05, 3.63) is 64.7 Å². The van der Waals surface area contributed by atoms with Crippen molar-refractivity contribution in [1.82, 2.24) is 19.7 Å². The van der Waals surface area contributed by atoms with Crippen molar-refractivity contribution in [2.45, 2.75) is 50.1 Å². The highest BCUT2D eigenvalue weighted by Crippen LogP contribution is 2.28. The van der Waals surface area contributed by atoms with Crippen LogP contribution < -0.4 is 5.32 Å². The highest BCUT2D eigenvalue weighted by atomic mass is 35.5. The molecule has 174 valence electrons. The average Bonchev–Trinajstić information content (AvgIpc) is 3.19. The van der Waals surface area contributed by atoms with E-state index in [1.165, 1.54) is 43.2 Å². The van der Waals surface area contributed by atoms with Gasteiger partial charge >= 0.3 is 0 Å². The molecule has 0 radical (unpaired) electrons. The zero-order valence-corrected chi connectivity index (χ0v) is 20.3. The Labute approximate surface area is 202 Å². The first-order valence-electron chi connectivity index (χ1n) is 11.1. The highest BCUT2D eigenvalue weighted by molar-refractivity contribution is 8.00. The summed E-state index contributed by atoms with van der Waals surface area (Å²) < 4.78 is 15.5. The maximum Gasteiger partial charge on any atom is 0.237 e. The van der Waals surface area contributed by atoms with Crippen molar-refractivity contribution in [1.29, 1.82) is 0 Å². The maximum atomic E-state index is 13.6. The summed E-state index contributed by atoms with van der Waals surface area (Å²) >= 11 is 7.40. The summed E-state index contributed by atoms with van der Waals surface area (Å²) in [6.45, 7) is 6.45.